The lowest BCUT2D eigenvalue weighted by Gasteiger charge is -2.40. The van der Waals surface area contributed by atoms with E-state index in [1.807, 2.05) is 24.3 Å². The van der Waals surface area contributed by atoms with Gasteiger partial charge in [-0.1, -0.05) is 20.8 Å². The first-order valence-corrected chi connectivity index (χ1v) is 5.68. The molecule has 1 aromatic rings. The van der Waals surface area contributed by atoms with Gasteiger partial charge in [-0.3, -0.25) is 0 Å². The van der Waals surface area contributed by atoms with Crippen molar-refractivity contribution >= 4 is 5.69 Å². The monoisotopic (exact) mass is 221 g/mol. The Morgan fingerprint density at radius 1 is 0.938 bits per heavy atom. The second-order valence-electron chi connectivity index (χ2n) is 5.73. The molecule has 0 aliphatic carbocycles. The summed E-state index contributed by atoms with van der Waals surface area (Å²) in [5, 5.41) is 3.55. The normalized spacial score (nSPS) is 12.4. The lowest BCUT2D eigenvalue weighted by Crippen LogP contribution is -2.44. The summed E-state index contributed by atoms with van der Waals surface area (Å²) < 4.78 is 5.14. The Balaban J connectivity index is 2.80. The van der Waals surface area contributed by atoms with Crippen molar-refractivity contribution in [2.24, 2.45) is 5.41 Å². The molecule has 0 unspecified atom stereocenters. The van der Waals surface area contributed by atoms with Crippen LogP contribution in [0.2, 0.25) is 0 Å². The van der Waals surface area contributed by atoms with Gasteiger partial charge in [0, 0.05) is 11.2 Å². The molecule has 0 aliphatic heterocycles. The third-order valence-electron chi connectivity index (χ3n) is 3.42. The molecule has 0 aromatic heterocycles. The fourth-order valence-corrected chi connectivity index (χ4v) is 1.22. The Kier molecular flexibility index (Phi) is 3.51. The van der Waals surface area contributed by atoms with Crippen LogP contribution in [0.5, 0.6) is 5.75 Å². The van der Waals surface area contributed by atoms with Gasteiger partial charge in [-0.15, -0.1) is 0 Å². The van der Waals surface area contributed by atoms with E-state index < -0.39 is 0 Å². The molecular formula is C14H23NO. The van der Waals surface area contributed by atoms with Crippen molar-refractivity contribution in [3.63, 3.8) is 0 Å². The molecule has 1 rings (SSSR count). The smallest absolute Gasteiger partial charge is 0.119 e. The summed E-state index contributed by atoms with van der Waals surface area (Å²) >= 11 is 0. The summed E-state index contributed by atoms with van der Waals surface area (Å²) in [6.45, 7) is 11.2. The number of rotatable bonds is 3. The molecule has 16 heavy (non-hydrogen) atoms. The van der Waals surface area contributed by atoms with E-state index in [1.54, 1.807) is 7.11 Å². The maximum absolute atomic E-state index is 5.14. The van der Waals surface area contributed by atoms with Gasteiger partial charge in [-0.25, -0.2) is 0 Å². The van der Waals surface area contributed by atoms with Crippen LogP contribution in [0, 0.1) is 5.41 Å². The van der Waals surface area contributed by atoms with Gasteiger partial charge in [0.15, 0.2) is 0 Å². The summed E-state index contributed by atoms with van der Waals surface area (Å²) in [5.74, 6) is 0.888. The minimum absolute atomic E-state index is 0.0432. The number of benzene rings is 1. The molecule has 0 saturated heterocycles. The van der Waals surface area contributed by atoms with E-state index in [0.29, 0.717) is 0 Å². The zero-order chi connectivity index (χ0) is 12.4. The molecule has 2 nitrogen and oxygen atoms in total. The molecule has 0 fully saturated rings. The molecule has 2 heteroatoms. The Morgan fingerprint density at radius 3 is 1.81 bits per heavy atom. The molecule has 1 aromatic carbocycles. The third-order valence-corrected chi connectivity index (χ3v) is 3.42. The molecule has 0 aliphatic rings. The summed E-state index contributed by atoms with van der Waals surface area (Å²) in [6.07, 6.45) is 0. The highest BCUT2D eigenvalue weighted by Gasteiger charge is 2.32. The maximum atomic E-state index is 5.14. The van der Waals surface area contributed by atoms with Crippen molar-refractivity contribution in [1.29, 1.82) is 0 Å². The van der Waals surface area contributed by atoms with E-state index >= 15 is 0 Å². The second kappa shape index (κ2) is 4.36. The van der Waals surface area contributed by atoms with Crippen molar-refractivity contribution in [2.45, 2.75) is 40.2 Å². The van der Waals surface area contributed by atoms with Crippen LogP contribution in [-0.2, 0) is 0 Å². The summed E-state index contributed by atoms with van der Waals surface area (Å²) in [6, 6.07) is 8.04. The average Bonchev–Trinajstić information content (AvgIpc) is 2.16. The maximum Gasteiger partial charge on any atom is 0.119 e. The predicted octanol–water partition coefficient (Wildman–Crippen LogP) is 3.93. The molecule has 90 valence electrons. The number of nitrogens with one attached hydrogen (secondary N) is 1. The molecule has 0 spiro atoms. The average molecular weight is 221 g/mol. The molecule has 0 saturated carbocycles. The fourth-order valence-electron chi connectivity index (χ4n) is 1.22. The summed E-state index contributed by atoms with van der Waals surface area (Å²) in [7, 11) is 1.68. The zero-order valence-corrected chi connectivity index (χ0v) is 11.2. The highest BCUT2D eigenvalue weighted by atomic mass is 16.5. The lowest BCUT2D eigenvalue weighted by atomic mass is 9.76. The van der Waals surface area contributed by atoms with Gasteiger partial charge in [-0.05, 0) is 43.5 Å². The first kappa shape index (κ1) is 12.9. The van der Waals surface area contributed by atoms with Crippen molar-refractivity contribution < 1.29 is 4.74 Å². The van der Waals surface area contributed by atoms with E-state index in [0.717, 1.165) is 11.4 Å². The Hall–Kier alpha value is -1.18. The highest BCUT2D eigenvalue weighted by molar-refractivity contribution is 5.48. The minimum atomic E-state index is 0.0432. The summed E-state index contributed by atoms with van der Waals surface area (Å²) in [5.41, 5.74) is 1.37. The molecule has 1 N–H and O–H groups in total. The highest BCUT2D eigenvalue weighted by Crippen LogP contribution is 2.33. The van der Waals surface area contributed by atoms with Gasteiger partial charge in [0.2, 0.25) is 0 Å². The molecule has 0 atom stereocenters. The van der Waals surface area contributed by atoms with E-state index in [2.05, 4.69) is 39.9 Å². The van der Waals surface area contributed by atoms with Crippen molar-refractivity contribution in [2.75, 3.05) is 12.4 Å². The number of anilines is 1. The molecule has 0 radical (unpaired) electrons. The quantitative estimate of drug-likeness (QED) is 0.835. The van der Waals surface area contributed by atoms with Crippen LogP contribution in [0.15, 0.2) is 24.3 Å². The number of hydrogen-bond acceptors (Lipinski definition) is 2. The Labute approximate surface area is 99.0 Å². The van der Waals surface area contributed by atoms with E-state index in [-0.39, 0.29) is 11.0 Å². The zero-order valence-electron chi connectivity index (χ0n) is 11.2. The second-order valence-corrected chi connectivity index (χ2v) is 5.73. The van der Waals surface area contributed by atoms with Gasteiger partial charge >= 0.3 is 0 Å². The third kappa shape index (κ3) is 2.91. The van der Waals surface area contributed by atoms with E-state index in [1.165, 1.54) is 0 Å². The minimum Gasteiger partial charge on any atom is -0.497 e. The number of methoxy groups -OCH3 is 1. The topological polar surface area (TPSA) is 21.3 Å². The first-order chi connectivity index (χ1) is 7.26. The predicted molar refractivity (Wildman–Crippen MR) is 70.2 cm³/mol. The van der Waals surface area contributed by atoms with Gasteiger partial charge in [-0.2, -0.15) is 0 Å². The molecule has 0 amide bonds. The van der Waals surface area contributed by atoms with Gasteiger partial charge < -0.3 is 10.1 Å². The Bertz CT molecular complexity index is 333. The molecular weight excluding hydrogens is 198 g/mol. The van der Waals surface area contributed by atoms with Gasteiger partial charge in [0.1, 0.15) is 5.75 Å². The van der Waals surface area contributed by atoms with Crippen LogP contribution in [0.1, 0.15) is 34.6 Å². The van der Waals surface area contributed by atoms with Crippen molar-refractivity contribution in [3.05, 3.63) is 24.3 Å². The van der Waals surface area contributed by atoms with Crippen LogP contribution in [0.25, 0.3) is 0 Å². The largest absolute Gasteiger partial charge is 0.497 e. The van der Waals surface area contributed by atoms with Crippen LogP contribution in [-0.4, -0.2) is 12.6 Å². The number of hydrogen-bond donors (Lipinski definition) is 1. The summed E-state index contributed by atoms with van der Waals surface area (Å²) in [4.78, 5) is 0. The van der Waals surface area contributed by atoms with Gasteiger partial charge in [0.05, 0.1) is 7.11 Å². The molecule has 0 heterocycles. The lowest BCUT2D eigenvalue weighted by molar-refractivity contribution is 0.254. The van der Waals surface area contributed by atoms with Crippen LogP contribution in [0.4, 0.5) is 5.69 Å². The van der Waals surface area contributed by atoms with Crippen molar-refractivity contribution in [3.8, 4) is 5.75 Å². The van der Waals surface area contributed by atoms with Crippen LogP contribution in [0.3, 0.4) is 0 Å². The SMILES string of the molecule is COc1ccc(NC(C)(C)C(C)(C)C)cc1. The fraction of sp³-hybridized carbons (Fsp3) is 0.571. The standard InChI is InChI=1S/C14H23NO/c1-13(2,3)14(4,5)15-11-7-9-12(16-6)10-8-11/h7-10,15H,1-6H3. The van der Waals surface area contributed by atoms with E-state index in [9.17, 15) is 0 Å². The van der Waals surface area contributed by atoms with Crippen molar-refractivity contribution in [1.82, 2.24) is 0 Å². The molecule has 0 bridgehead atoms. The van der Waals surface area contributed by atoms with E-state index in [4.69, 9.17) is 4.74 Å². The van der Waals surface area contributed by atoms with Crippen LogP contribution >= 0.6 is 0 Å². The first-order valence-electron chi connectivity index (χ1n) is 5.68. The number of ether oxygens (including phenoxy) is 1. The van der Waals surface area contributed by atoms with Crippen LogP contribution < -0.4 is 10.1 Å². The Morgan fingerprint density at radius 2 is 1.44 bits per heavy atom. The van der Waals surface area contributed by atoms with Gasteiger partial charge in [0.25, 0.3) is 0 Å².